The second-order valence-corrected chi connectivity index (χ2v) is 8.54. The number of benzene rings is 1. The Bertz CT molecular complexity index is 882. The first-order valence-corrected chi connectivity index (χ1v) is 11.3. The van der Waals surface area contributed by atoms with Crippen LogP contribution in [-0.4, -0.2) is 40.6 Å². The van der Waals surface area contributed by atoms with E-state index >= 15 is 0 Å². The van der Waals surface area contributed by atoms with Crippen LogP contribution in [-0.2, 0) is 6.61 Å². The normalized spacial score (nSPS) is 10.9. The number of nitrogens with zero attached hydrogens (tertiary/aromatic N) is 1. The van der Waals surface area contributed by atoms with Gasteiger partial charge < -0.3 is 20.5 Å². The molecule has 2 aromatic rings. The summed E-state index contributed by atoms with van der Waals surface area (Å²) in [6, 6.07) is 5.98. The summed E-state index contributed by atoms with van der Waals surface area (Å²) in [6.07, 6.45) is 2.89. The highest BCUT2D eigenvalue weighted by molar-refractivity contribution is 7.11. The molecule has 0 unspecified atom stereocenters. The topological polar surface area (TPSA) is 113 Å². The van der Waals surface area contributed by atoms with E-state index in [0.29, 0.717) is 12.6 Å². The Morgan fingerprint density at radius 1 is 1.16 bits per heavy atom. The molecule has 4 N–H and O–H groups in total. The summed E-state index contributed by atoms with van der Waals surface area (Å²) in [4.78, 5) is 23.9. The van der Waals surface area contributed by atoms with Crippen LogP contribution in [0.25, 0.3) is 0 Å². The molecule has 1 heterocycles. The van der Waals surface area contributed by atoms with Gasteiger partial charge >= 0.3 is 12.0 Å². The summed E-state index contributed by atoms with van der Waals surface area (Å²) in [5.74, 6) is -1.19. The molecule has 170 valence electrons. The molecular formula is C22H32N4O4S. The highest BCUT2D eigenvalue weighted by atomic mass is 32.1. The summed E-state index contributed by atoms with van der Waals surface area (Å²) in [6.45, 7) is 9.87. The van der Waals surface area contributed by atoms with Crippen LogP contribution in [0.15, 0.2) is 18.2 Å². The van der Waals surface area contributed by atoms with Crippen molar-refractivity contribution in [3.63, 3.8) is 0 Å². The Hall–Kier alpha value is -2.65. The summed E-state index contributed by atoms with van der Waals surface area (Å²) >= 11 is 0.892. The van der Waals surface area contributed by atoms with Gasteiger partial charge in [0.1, 0.15) is 11.6 Å². The van der Waals surface area contributed by atoms with Crippen LogP contribution in [0.2, 0.25) is 0 Å². The first-order valence-electron chi connectivity index (χ1n) is 10.5. The van der Waals surface area contributed by atoms with Gasteiger partial charge in [-0.05, 0) is 55.9 Å². The minimum absolute atomic E-state index is 0.00503. The van der Waals surface area contributed by atoms with Crippen molar-refractivity contribution < 1.29 is 19.4 Å². The number of carbonyl (C=O) groups excluding carboxylic acids is 1. The van der Waals surface area contributed by atoms with Crippen molar-refractivity contribution in [2.24, 2.45) is 0 Å². The van der Waals surface area contributed by atoms with Crippen molar-refractivity contribution in [1.29, 1.82) is 0 Å². The number of carbonyl (C=O) groups is 2. The maximum Gasteiger partial charge on any atom is 0.344 e. The minimum Gasteiger partial charge on any atom is -0.477 e. The molecule has 1 aromatic heterocycles. The number of anilines is 1. The molecule has 0 bridgehead atoms. The molecule has 0 saturated heterocycles. The smallest absolute Gasteiger partial charge is 0.344 e. The number of unbranched alkanes of at least 4 members (excludes halogenated alkanes) is 2. The van der Waals surface area contributed by atoms with E-state index < -0.39 is 12.0 Å². The van der Waals surface area contributed by atoms with E-state index in [4.69, 9.17) is 4.74 Å². The van der Waals surface area contributed by atoms with E-state index in [1.165, 1.54) is 0 Å². The second-order valence-electron chi connectivity index (χ2n) is 7.77. The van der Waals surface area contributed by atoms with Crippen molar-refractivity contribution in [3.05, 3.63) is 40.5 Å². The number of aryl methyl sites for hydroxylation is 2. The maximum absolute atomic E-state index is 12.1. The van der Waals surface area contributed by atoms with Gasteiger partial charge in [0.05, 0.1) is 0 Å². The highest BCUT2D eigenvalue weighted by Gasteiger charge is 2.23. The standard InChI is InChI=1S/C22H32N4O4S/c1-14(2)23-10-6-5-7-11-24-22(29)25-20-18(21(27)28)19(26-31-20)30-13-17-9-8-15(3)12-16(17)4/h8-9,12,14,23H,5-7,10-11,13H2,1-4H3,(H,27,28)(H2,24,25,29). The molecule has 2 rings (SSSR count). The minimum atomic E-state index is -1.20. The number of aromatic nitrogens is 1. The fraction of sp³-hybridized carbons (Fsp3) is 0.500. The fourth-order valence-corrected chi connectivity index (χ4v) is 3.69. The third kappa shape index (κ3) is 8.18. The molecular weight excluding hydrogens is 416 g/mol. The number of hydrogen-bond donors (Lipinski definition) is 4. The van der Waals surface area contributed by atoms with E-state index in [-0.39, 0.29) is 23.1 Å². The molecule has 0 atom stereocenters. The number of rotatable bonds is 12. The summed E-state index contributed by atoms with van der Waals surface area (Å²) in [5, 5.41) is 18.4. The Morgan fingerprint density at radius 2 is 1.90 bits per heavy atom. The van der Waals surface area contributed by atoms with Crippen LogP contribution in [0.4, 0.5) is 9.80 Å². The molecule has 9 heteroatoms. The maximum atomic E-state index is 12.1. The molecule has 0 aliphatic rings. The molecule has 0 spiro atoms. The quantitative estimate of drug-likeness (QED) is 0.360. The fourth-order valence-electron chi connectivity index (χ4n) is 2.97. The number of carboxylic acid groups (broad SMARTS) is 1. The zero-order valence-corrected chi connectivity index (χ0v) is 19.4. The lowest BCUT2D eigenvalue weighted by Gasteiger charge is -2.09. The van der Waals surface area contributed by atoms with Crippen LogP contribution >= 0.6 is 11.5 Å². The van der Waals surface area contributed by atoms with Crippen molar-refractivity contribution in [3.8, 4) is 5.88 Å². The number of hydrogen-bond acceptors (Lipinski definition) is 6. The number of ether oxygens (including phenoxy) is 1. The van der Waals surface area contributed by atoms with E-state index in [1.54, 1.807) is 0 Å². The number of amides is 2. The average Bonchev–Trinajstić information content (AvgIpc) is 3.09. The molecule has 1 aromatic carbocycles. The molecule has 2 amide bonds. The SMILES string of the molecule is Cc1ccc(COc2nsc(NC(=O)NCCCCCNC(C)C)c2C(=O)O)c(C)c1. The van der Waals surface area contributed by atoms with Gasteiger partial charge in [-0.1, -0.05) is 44.0 Å². The van der Waals surface area contributed by atoms with Gasteiger partial charge in [0.15, 0.2) is 5.56 Å². The molecule has 8 nitrogen and oxygen atoms in total. The van der Waals surface area contributed by atoms with Gasteiger partial charge in [0.25, 0.3) is 0 Å². The summed E-state index contributed by atoms with van der Waals surface area (Å²) < 4.78 is 9.75. The Morgan fingerprint density at radius 3 is 2.58 bits per heavy atom. The summed E-state index contributed by atoms with van der Waals surface area (Å²) in [5.41, 5.74) is 3.02. The lowest BCUT2D eigenvalue weighted by atomic mass is 10.1. The Balaban J connectivity index is 1.85. The molecule has 0 fully saturated rings. The predicted molar refractivity (Wildman–Crippen MR) is 123 cm³/mol. The molecule has 0 radical (unpaired) electrons. The van der Waals surface area contributed by atoms with Gasteiger partial charge in [-0.15, -0.1) is 0 Å². The highest BCUT2D eigenvalue weighted by Crippen LogP contribution is 2.31. The van der Waals surface area contributed by atoms with E-state index in [0.717, 1.165) is 54.0 Å². The van der Waals surface area contributed by atoms with Gasteiger partial charge in [-0.25, -0.2) is 9.59 Å². The van der Waals surface area contributed by atoms with Crippen molar-refractivity contribution in [2.75, 3.05) is 18.4 Å². The van der Waals surface area contributed by atoms with Gasteiger partial charge in [-0.3, -0.25) is 5.32 Å². The monoisotopic (exact) mass is 448 g/mol. The van der Waals surface area contributed by atoms with Gasteiger partial charge in [0.2, 0.25) is 5.88 Å². The lowest BCUT2D eigenvalue weighted by Crippen LogP contribution is -2.30. The van der Waals surface area contributed by atoms with Crippen LogP contribution in [0.3, 0.4) is 0 Å². The number of aromatic carboxylic acids is 1. The van der Waals surface area contributed by atoms with Crippen molar-refractivity contribution in [1.82, 2.24) is 15.0 Å². The molecule has 0 aliphatic heterocycles. The summed E-state index contributed by atoms with van der Waals surface area (Å²) in [7, 11) is 0. The second kappa shape index (κ2) is 12.3. The van der Waals surface area contributed by atoms with Gasteiger partial charge in [-0.2, -0.15) is 4.37 Å². The van der Waals surface area contributed by atoms with E-state index in [1.807, 2.05) is 32.0 Å². The molecule has 31 heavy (non-hydrogen) atoms. The van der Waals surface area contributed by atoms with Crippen LogP contribution in [0.1, 0.15) is 60.2 Å². The number of urea groups is 1. The Labute approximate surface area is 187 Å². The molecule has 0 aliphatic carbocycles. The zero-order valence-electron chi connectivity index (χ0n) is 18.6. The van der Waals surface area contributed by atoms with Crippen molar-refractivity contribution >= 4 is 28.5 Å². The largest absolute Gasteiger partial charge is 0.477 e. The third-order valence-electron chi connectivity index (χ3n) is 4.66. The lowest BCUT2D eigenvalue weighted by molar-refractivity contribution is 0.0693. The molecule has 0 saturated carbocycles. The first-order chi connectivity index (χ1) is 14.8. The zero-order chi connectivity index (χ0) is 22.8. The van der Waals surface area contributed by atoms with Crippen LogP contribution < -0.4 is 20.7 Å². The van der Waals surface area contributed by atoms with Crippen LogP contribution in [0.5, 0.6) is 5.88 Å². The van der Waals surface area contributed by atoms with Crippen LogP contribution in [0, 0.1) is 13.8 Å². The number of carboxylic acids is 1. The first kappa shape index (κ1) is 24.6. The van der Waals surface area contributed by atoms with E-state index in [9.17, 15) is 14.7 Å². The third-order valence-corrected chi connectivity index (χ3v) is 5.40. The predicted octanol–water partition coefficient (Wildman–Crippen LogP) is 4.33. The van der Waals surface area contributed by atoms with E-state index in [2.05, 4.69) is 34.2 Å². The Kier molecular flexibility index (Phi) is 9.74. The van der Waals surface area contributed by atoms with Crippen molar-refractivity contribution in [2.45, 2.75) is 59.6 Å². The average molecular weight is 449 g/mol. The number of nitrogens with one attached hydrogen (secondary N) is 3. The van der Waals surface area contributed by atoms with Gasteiger partial charge in [0, 0.05) is 12.6 Å².